The van der Waals surface area contributed by atoms with Crippen LogP contribution in [-0.2, 0) is 19.5 Å². The van der Waals surface area contributed by atoms with E-state index in [-0.39, 0.29) is 65.5 Å². The van der Waals surface area contributed by atoms with Gasteiger partial charge in [0.25, 0.3) is 5.92 Å². The number of β-amino-alcohol motifs (C(OH)–C–C–N with tert-alkyl or cyclic N) is 1. The smallest absolute Gasteiger partial charge is 0.323 e. The van der Waals surface area contributed by atoms with Gasteiger partial charge in [0.15, 0.2) is 17.2 Å². The average molecular weight is 553 g/mol. The van der Waals surface area contributed by atoms with Gasteiger partial charge in [-0.15, -0.1) is 0 Å². The summed E-state index contributed by atoms with van der Waals surface area (Å²) in [5, 5.41) is 29.2. The molecule has 3 aromatic heterocycles. The lowest BCUT2D eigenvalue weighted by molar-refractivity contribution is -0.0364. The molecule has 1 fully saturated rings. The highest BCUT2D eigenvalue weighted by atomic mass is 19.3. The molecule has 13 nitrogen and oxygen atoms in total. The number of nitrogens with zero attached hydrogens (tertiary/aromatic N) is 8. The third-order valence-electron chi connectivity index (χ3n) is 6.58. The van der Waals surface area contributed by atoms with Gasteiger partial charge in [-0.2, -0.15) is 24.1 Å². The Balaban J connectivity index is 1.39. The summed E-state index contributed by atoms with van der Waals surface area (Å²) in [6, 6.07) is 2.96. The van der Waals surface area contributed by atoms with Gasteiger partial charge in [-0.05, 0) is 26.1 Å². The highest BCUT2D eigenvalue weighted by molar-refractivity contribution is 5.84. The first-order valence-electron chi connectivity index (χ1n) is 12.4. The minimum Gasteiger partial charge on any atom is -0.454 e. The van der Waals surface area contributed by atoms with Crippen LogP contribution in [0.15, 0.2) is 41.0 Å². The van der Waals surface area contributed by atoms with E-state index < -0.39 is 18.1 Å². The van der Waals surface area contributed by atoms with Crippen molar-refractivity contribution in [2.24, 2.45) is 12.0 Å². The van der Waals surface area contributed by atoms with Crippen LogP contribution in [0.5, 0.6) is 5.75 Å². The number of aromatic nitrogens is 5. The van der Waals surface area contributed by atoms with Crippen LogP contribution in [0.1, 0.15) is 31.0 Å². The molecular weight excluding hydrogens is 526 g/mol. The zero-order chi connectivity index (χ0) is 28.6. The number of allylic oxidation sites excluding steroid dienone is 2. The second kappa shape index (κ2) is 10.4. The number of fused-ring (bicyclic) bond motifs is 2. The van der Waals surface area contributed by atoms with Crippen LogP contribution in [0.25, 0.3) is 11.2 Å². The van der Waals surface area contributed by atoms with Gasteiger partial charge in [0.2, 0.25) is 5.95 Å². The summed E-state index contributed by atoms with van der Waals surface area (Å²) in [5.41, 5.74) is 0.551. The highest BCUT2D eigenvalue weighted by Crippen LogP contribution is 2.38. The third-order valence-corrected chi connectivity index (χ3v) is 6.58. The fourth-order valence-electron chi connectivity index (χ4n) is 4.45. The lowest BCUT2D eigenvalue weighted by atomic mass is 10.1. The molecule has 2 aliphatic heterocycles. The molecule has 5 rings (SSSR count). The molecule has 0 unspecified atom stereocenters. The fourth-order valence-corrected chi connectivity index (χ4v) is 4.45. The van der Waals surface area contributed by atoms with E-state index >= 15 is 0 Å². The number of pyridine rings is 1. The molecule has 15 heteroatoms. The zero-order valence-corrected chi connectivity index (χ0v) is 21.7. The molecule has 0 atom stereocenters. The number of aliphatic hydroxyl groups is 1. The van der Waals surface area contributed by atoms with E-state index in [4.69, 9.17) is 4.74 Å². The lowest BCUT2D eigenvalue weighted by Crippen LogP contribution is -2.56. The molecule has 2 amide bonds. The first-order chi connectivity index (χ1) is 19.1. The van der Waals surface area contributed by atoms with Gasteiger partial charge >= 0.3 is 6.03 Å². The second-order valence-corrected chi connectivity index (χ2v) is 9.32. The van der Waals surface area contributed by atoms with Crippen molar-refractivity contribution in [2.75, 3.05) is 18.4 Å². The summed E-state index contributed by atoms with van der Waals surface area (Å²) < 4.78 is 37.4. The number of carbonyl (C=O) groups is 1. The van der Waals surface area contributed by atoms with Crippen LogP contribution < -0.4 is 15.4 Å². The Labute approximate surface area is 227 Å². The number of aliphatic imine (C=N–C) groups is 1. The van der Waals surface area contributed by atoms with Crippen molar-refractivity contribution in [3.05, 3.63) is 47.3 Å². The normalized spacial score (nSPS) is 17.1. The molecule has 0 aliphatic carbocycles. The number of hydrogen-bond donors (Lipinski definition) is 3. The van der Waals surface area contributed by atoms with Gasteiger partial charge in [-0.3, -0.25) is 10.00 Å². The second-order valence-electron chi connectivity index (χ2n) is 9.32. The standard InChI is InChI=1S/C25H26F2N10O3/c1-4-15(8-19(29-2)32-24(39)36-12-14(38)13-36)40-17-11-30-22-21(16(17)10-28)35(3)23(33-22)31-20-9-18-25(26,27)6-5-7-37(18)34-20/h4,8-9,11,14,38H,2,5-7,12-13H2,1,3H3,(H,32,39)(H,30,31,33,34)/b15-4+,19-8+. The van der Waals surface area contributed by atoms with E-state index in [9.17, 15) is 23.9 Å². The number of aliphatic hydroxyl groups excluding tert-OH is 1. The molecule has 2 aliphatic rings. The van der Waals surface area contributed by atoms with Crippen molar-refractivity contribution < 1.29 is 23.4 Å². The molecule has 0 aromatic carbocycles. The SMILES string of the molecule is C=N/C(=C\C(=C/C)Oc1cnc2nc(Nc3cc4n(n3)CCCC4(F)F)n(C)c2c1C#N)NC(=O)N1CC(O)C1. The average Bonchev–Trinajstić information content (AvgIpc) is 3.47. The molecule has 5 heterocycles. The van der Waals surface area contributed by atoms with Gasteiger partial charge < -0.3 is 24.6 Å². The predicted octanol–water partition coefficient (Wildman–Crippen LogP) is 2.88. The van der Waals surface area contributed by atoms with Gasteiger partial charge in [0, 0.05) is 32.2 Å². The molecule has 3 N–H and O–H groups in total. The maximum absolute atomic E-state index is 14.3. The predicted molar refractivity (Wildman–Crippen MR) is 140 cm³/mol. The molecule has 0 bridgehead atoms. The van der Waals surface area contributed by atoms with Crippen molar-refractivity contribution in [1.82, 2.24) is 34.5 Å². The summed E-state index contributed by atoms with van der Waals surface area (Å²) in [6.07, 6.45) is 3.92. The fraction of sp³-hybridized carbons (Fsp3) is 0.360. The Kier molecular flexibility index (Phi) is 6.94. The quantitative estimate of drug-likeness (QED) is 0.229. The third kappa shape index (κ3) is 4.96. The van der Waals surface area contributed by atoms with Gasteiger partial charge in [0.05, 0.1) is 25.4 Å². The van der Waals surface area contributed by atoms with Gasteiger partial charge in [-0.1, -0.05) is 0 Å². The number of nitriles is 1. The van der Waals surface area contributed by atoms with E-state index in [1.165, 1.54) is 27.9 Å². The molecule has 0 spiro atoms. The first kappa shape index (κ1) is 26.8. The monoisotopic (exact) mass is 552 g/mol. The minimum absolute atomic E-state index is 0.104. The Morgan fingerprint density at radius 1 is 1.43 bits per heavy atom. The van der Waals surface area contributed by atoms with E-state index in [2.05, 4.69) is 43.5 Å². The van der Waals surface area contributed by atoms with Crippen molar-refractivity contribution in [2.45, 2.75) is 38.3 Å². The van der Waals surface area contributed by atoms with E-state index in [0.717, 1.165) is 0 Å². The number of alkyl halides is 2. The Hall–Kier alpha value is -4.84. The van der Waals surface area contributed by atoms with Crippen molar-refractivity contribution in [1.29, 1.82) is 5.26 Å². The molecule has 0 saturated carbocycles. The maximum Gasteiger partial charge on any atom is 0.323 e. The Morgan fingerprint density at radius 2 is 2.20 bits per heavy atom. The van der Waals surface area contributed by atoms with E-state index in [1.54, 1.807) is 24.6 Å². The number of urea groups is 1. The van der Waals surface area contributed by atoms with Crippen molar-refractivity contribution in [3.63, 3.8) is 0 Å². The van der Waals surface area contributed by atoms with Crippen LogP contribution >= 0.6 is 0 Å². The Bertz CT molecular complexity index is 1590. The van der Waals surface area contributed by atoms with Gasteiger partial charge in [0.1, 0.15) is 34.4 Å². The summed E-state index contributed by atoms with van der Waals surface area (Å²) in [5.74, 6) is -2.05. The number of amides is 2. The molecule has 1 saturated heterocycles. The van der Waals surface area contributed by atoms with E-state index in [0.29, 0.717) is 18.5 Å². The number of aryl methyl sites for hydroxylation is 2. The van der Waals surface area contributed by atoms with Crippen molar-refractivity contribution >= 4 is 35.7 Å². The number of carbonyl (C=O) groups excluding carboxylic acids is 1. The summed E-state index contributed by atoms with van der Waals surface area (Å²) in [4.78, 5) is 26.2. The van der Waals surface area contributed by atoms with Crippen LogP contribution in [0.2, 0.25) is 0 Å². The minimum atomic E-state index is -2.96. The number of imidazole rings is 1. The molecule has 40 heavy (non-hydrogen) atoms. The number of nitrogens with one attached hydrogen (secondary N) is 2. The number of halogens is 2. The van der Waals surface area contributed by atoms with Crippen LogP contribution in [0.4, 0.5) is 25.3 Å². The van der Waals surface area contributed by atoms with E-state index in [1.807, 2.05) is 0 Å². The first-order valence-corrected chi connectivity index (χ1v) is 12.4. The highest BCUT2D eigenvalue weighted by Gasteiger charge is 2.38. The summed E-state index contributed by atoms with van der Waals surface area (Å²) >= 11 is 0. The summed E-state index contributed by atoms with van der Waals surface area (Å²) in [7, 11) is 1.65. The molecular formula is C25H26F2N10O3. The van der Waals surface area contributed by atoms with Crippen LogP contribution in [0.3, 0.4) is 0 Å². The lowest BCUT2D eigenvalue weighted by Gasteiger charge is -2.35. The number of anilines is 2. The Morgan fingerprint density at radius 3 is 2.85 bits per heavy atom. The molecule has 208 valence electrons. The number of ether oxygens (including phenoxy) is 1. The van der Waals surface area contributed by atoms with Crippen LogP contribution in [-0.4, -0.2) is 66.3 Å². The topological polar surface area (TPSA) is 159 Å². The van der Waals surface area contributed by atoms with Crippen molar-refractivity contribution in [3.8, 4) is 11.8 Å². The number of likely N-dealkylation sites (tertiary alicyclic amines) is 1. The zero-order valence-electron chi connectivity index (χ0n) is 21.7. The summed E-state index contributed by atoms with van der Waals surface area (Å²) in [6.45, 7) is 5.99. The van der Waals surface area contributed by atoms with Gasteiger partial charge in [-0.25, -0.2) is 14.8 Å². The largest absolute Gasteiger partial charge is 0.454 e. The number of rotatable bonds is 7. The maximum atomic E-state index is 14.3. The van der Waals surface area contributed by atoms with Crippen LogP contribution in [0, 0.1) is 11.3 Å². The number of hydrogen-bond acceptors (Lipinski definition) is 9. The molecule has 3 aromatic rings. The molecule has 0 radical (unpaired) electrons.